The largest absolute Gasteiger partial charge is 0.325 e. The number of aryl methyl sites for hydroxylation is 1. The predicted octanol–water partition coefficient (Wildman–Crippen LogP) is 4.65. The molecule has 0 aliphatic rings. The van der Waals surface area contributed by atoms with Crippen molar-refractivity contribution >= 4 is 23.4 Å². The number of para-hydroxylation sites is 1. The highest BCUT2D eigenvalue weighted by molar-refractivity contribution is 7.98. The van der Waals surface area contributed by atoms with Crippen LogP contribution in [0.25, 0.3) is 5.69 Å². The average Bonchev–Trinajstić information content (AvgIpc) is 2.89. The van der Waals surface area contributed by atoms with Gasteiger partial charge in [-0.3, -0.25) is 4.57 Å². The molecule has 0 aliphatic heterocycles. The van der Waals surface area contributed by atoms with E-state index in [4.69, 9.17) is 0 Å². The molecule has 3 aromatic rings. The molecule has 0 unspecified atom stereocenters. The van der Waals surface area contributed by atoms with Crippen LogP contribution in [-0.4, -0.2) is 15.8 Å². The number of nitrogens with zero attached hydrogens (tertiary/aromatic N) is 2. The minimum atomic E-state index is 0.831. The molecule has 1 aromatic heterocycles. The van der Waals surface area contributed by atoms with Gasteiger partial charge in [-0.2, -0.15) is 0 Å². The van der Waals surface area contributed by atoms with Gasteiger partial charge in [-0.15, -0.1) is 11.8 Å². The Morgan fingerprint density at radius 1 is 1.05 bits per heavy atom. The third-order valence-corrected chi connectivity index (χ3v) is 3.91. The number of anilines is 2. The van der Waals surface area contributed by atoms with E-state index in [1.165, 1.54) is 4.90 Å². The number of nitrogens with one attached hydrogen (secondary N) is 1. The Bertz CT molecular complexity index is 735. The van der Waals surface area contributed by atoms with Crippen molar-refractivity contribution in [3.8, 4) is 5.69 Å². The second-order valence-electron chi connectivity index (χ2n) is 4.77. The van der Waals surface area contributed by atoms with E-state index in [2.05, 4.69) is 45.4 Å². The zero-order chi connectivity index (χ0) is 14.7. The quantitative estimate of drug-likeness (QED) is 0.711. The first kappa shape index (κ1) is 13.8. The first-order chi connectivity index (χ1) is 10.3. The van der Waals surface area contributed by atoms with E-state index < -0.39 is 0 Å². The highest BCUT2D eigenvalue weighted by Gasteiger charge is 2.08. The van der Waals surface area contributed by atoms with Gasteiger partial charge in [0.1, 0.15) is 0 Å². The molecule has 3 nitrogen and oxygen atoms in total. The molecule has 1 heterocycles. The van der Waals surface area contributed by atoms with Gasteiger partial charge >= 0.3 is 0 Å². The summed E-state index contributed by atoms with van der Waals surface area (Å²) in [6.07, 6.45) is 4.13. The van der Waals surface area contributed by atoms with E-state index in [9.17, 15) is 0 Å². The number of hydrogen-bond acceptors (Lipinski definition) is 3. The summed E-state index contributed by atoms with van der Waals surface area (Å²) >= 11 is 1.74. The standard InChI is InChI=1S/C17H17N3S/c1-13-12-20(15-9-6-10-16(11-15)21-2)17(18-13)19-14-7-4-3-5-8-14/h3-12H,1-2H3,(H,18,19). The Hall–Kier alpha value is -2.20. The summed E-state index contributed by atoms with van der Waals surface area (Å²) in [5, 5.41) is 3.37. The Morgan fingerprint density at radius 2 is 1.86 bits per heavy atom. The molecule has 0 bridgehead atoms. The Balaban J connectivity index is 1.99. The maximum atomic E-state index is 4.58. The maximum absolute atomic E-state index is 4.58. The van der Waals surface area contributed by atoms with E-state index in [-0.39, 0.29) is 0 Å². The van der Waals surface area contributed by atoms with Crippen molar-refractivity contribution in [2.24, 2.45) is 0 Å². The molecular weight excluding hydrogens is 278 g/mol. The van der Waals surface area contributed by atoms with Crippen LogP contribution in [0.3, 0.4) is 0 Å². The van der Waals surface area contributed by atoms with Gasteiger partial charge in [-0.25, -0.2) is 4.98 Å². The lowest BCUT2D eigenvalue weighted by Gasteiger charge is -2.10. The fourth-order valence-corrected chi connectivity index (χ4v) is 2.65. The zero-order valence-electron chi connectivity index (χ0n) is 12.1. The highest BCUT2D eigenvalue weighted by atomic mass is 32.2. The average molecular weight is 295 g/mol. The number of hydrogen-bond donors (Lipinski definition) is 1. The highest BCUT2D eigenvalue weighted by Crippen LogP contribution is 2.23. The third-order valence-electron chi connectivity index (χ3n) is 3.19. The van der Waals surface area contributed by atoms with E-state index in [0.717, 1.165) is 23.0 Å². The van der Waals surface area contributed by atoms with Crippen LogP contribution in [0.5, 0.6) is 0 Å². The van der Waals surface area contributed by atoms with Crippen molar-refractivity contribution in [2.45, 2.75) is 11.8 Å². The molecule has 3 rings (SSSR count). The van der Waals surface area contributed by atoms with Crippen molar-refractivity contribution in [1.29, 1.82) is 0 Å². The Kier molecular flexibility index (Phi) is 3.97. The van der Waals surface area contributed by atoms with Gasteiger partial charge in [-0.1, -0.05) is 24.3 Å². The smallest absolute Gasteiger partial charge is 0.212 e. The molecule has 106 valence electrons. The molecule has 0 radical (unpaired) electrons. The molecule has 0 aliphatic carbocycles. The SMILES string of the molecule is CSc1cccc(-n2cc(C)nc2Nc2ccccc2)c1. The topological polar surface area (TPSA) is 29.9 Å². The van der Waals surface area contributed by atoms with E-state index in [1.54, 1.807) is 11.8 Å². The van der Waals surface area contributed by atoms with Crippen LogP contribution < -0.4 is 5.32 Å². The lowest BCUT2D eigenvalue weighted by Crippen LogP contribution is -2.01. The minimum Gasteiger partial charge on any atom is -0.325 e. The first-order valence-electron chi connectivity index (χ1n) is 6.79. The predicted molar refractivity (Wildman–Crippen MR) is 89.8 cm³/mol. The monoisotopic (exact) mass is 295 g/mol. The molecule has 21 heavy (non-hydrogen) atoms. The lowest BCUT2D eigenvalue weighted by molar-refractivity contribution is 1.06. The van der Waals surface area contributed by atoms with Crippen LogP contribution in [0.1, 0.15) is 5.69 Å². The molecule has 0 amide bonds. The number of imidazole rings is 1. The van der Waals surface area contributed by atoms with E-state index >= 15 is 0 Å². The summed E-state index contributed by atoms with van der Waals surface area (Å²) in [5.74, 6) is 0.831. The maximum Gasteiger partial charge on any atom is 0.212 e. The molecule has 0 fully saturated rings. The molecule has 0 saturated heterocycles. The summed E-state index contributed by atoms with van der Waals surface area (Å²) < 4.78 is 2.09. The van der Waals surface area contributed by atoms with Gasteiger partial charge in [0.05, 0.1) is 5.69 Å². The van der Waals surface area contributed by atoms with Gasteiger partial charge in [0.2, 0.25) is 5.95 Å². The number of aromatic nitrogens is 2. The second kappa shape index (κ2) is 6.06. The Morgan fingerprint density at radius 3 is 2.62 bits per heavy atom. The third kappa shape index (κ3) is 3.11. The molecular formula is C17H17N3S. The van der Waals surface area contributed by atoms with Crippen LogP contribution in [-0.2, 0) is 0 Å². The van der Waals surface area contributed by atoms with Gasteiger partial charge < -0.3 is 5.32 Å². The van der Waals surface area contributed by atoms with Crippen LogP contribution in [0.2, 0.25) is 0 Å². The van der Waals surface area contributed by atoms with Crippen molar-refractivity contribution in [3.05, 3.63) is 66.5 Å². The van der Waals surface area contributed by atoms with Crippen LogP contribution in [0.4, 0.5) is 11.6 Å². The summed E-state index contributed by atoms with van der Waals surface area (Å²) in [4.78, 5) is 5.82. The first-order valence-corrected chi connectivity index (χ1v) is 8.01. The van der Waals surface area contributed by atoms with Crippen LogP contribution >= 0.6 is 11.8 Å². The lowest BCUT2D eigenvalue weighted by atomic mass is 10.3. The fraction of sp³-hybridized carbons (Fsp3) is 0.118. The van der Waals surface area contributed by atoms with Gasteiger partial charge in [0, 0.05) is 22.5 Å². The summed E-state index contributed by atoms with van der Waals surface area (Å²) in [6.45, 7) is 2.01. The summed E-state index contributed by atoms with van der Waals surface area (Å²) in [6, 6.07) is 18.5. The Labute approximate surface area is 129 Å². The van der Waals surface area contributed by atoms with Gasteiger partial charge in [-0.05, 0) is 43.5 Å². The summed E-state index contributed by atoms with van der Waals surface area (Å²) in [5.41, 5.74) is 3.13. The normalized spacial score (nSPS) is 10.6. The van der Waals surface area contributed by atoms with Crippen molar-refractivity contribution in [1.82, 2.24) is 9.55 Å². The molecule has 2 aromatic carbocycles. The van der Waals surface area contributed by atoms with Crippen LogP contribution in [0, 0.1) is 6.92 Å². The van der Waals surface area contributed by atoms with Gasteiger partial charge in [0.25, 0.3) is 0 Å². The van der Waals surface area contributed by atoms with Crippen molar-refractivity contribution in [3.63, 3.8) is 0 Å². The number of thioether (sulfide) groups is 1. The zero-order valence-corrected chi connectivity index (χ0v) is 12.9. The minimum absolute atomic E-state index is 0.831. The molecule has 4 heteroatoms. The van der Waals surface area contributed by atoms with Crippen molar-refractivity contribution in [2.75, 3.05) is 11.6 Å². The van der Waals surface area contributed by atoms with E-state index in [0.29, 0.717) is 0 Å². The van der Waals surface area contributed by atoms with E-state index in [1.807, 2.05) is 43.5 Å². The second-order valence-corrected chi connectivity index (χ2v) is 5.65. The number of benzene rings is 2. The summed E-state index contributed by atoms with van der Waals surface area (Å²) in [7, 11) is 0. The van der Waals surface area contributed by atoms with Crippen molar-refractivity contribution < 1.29 is 0 Å². The molecule has 0 spiro atoms. The molecule has 1 N–H and O–H groups in total. The van der Waals surface area contributed by atoms with Crippen LogP contribution in [0.15, 0.2) is 65.7 Å². The fourth-order valence-electron chi connectivity index (χ4n) is 2.19. The molecule has 0 atom stereocenters. The molecule has 0 saturated carbocycles. The van der Waals surface area contributed by atoms with Gasteiger partial charge in [0.15, 0.2) is 0 Å². The number of rotatable bonds is 4.